The third-order valence-electron chi connectivity index (χ3n) is 3.21. The second kappa shape index (κ2) is 6.07. The summed E-state index contributed by atoms with van der Waals surface area (Å²) in [4.78, 5) is 4.21. The van der Waals surface area contributed by atoms with E-state index in [1.54, 1.807) is 7.11 Å². The molecule has 0 saturated heterocycles. The fourth-order valence-corrected chi connectivity index (χ4v) is 2.11. The van der Waals surface area contributed by atoms with Crippen LogP contribution in [0.5, 0.6) is 0 Å². The van der Waals surface area contributed by atoms with Crippen molar-refractivity contribution >= 4 is 11.0 Å². The maximum Gasteiger partial charge on any atom is 0.240 e. The zero-order valence-corrected chi connectivity index (χ0v) is 12.0. The molecule has 2 aromatic heterocycles. The van der Waals surface area contributed by atoms with Crippen LogP contribution < -0.4 is 5.32 Å². The Bertz CT molecular complexity index is 687. The number of nitrogens with one attached hydrogen (secondary N) is 1. The Balaban J connectivity index is 1.63. The molecule has 0 spiro atoms. The number of nitrogens with zero attached hydrogens (tertiary/aromatic N) is 2. The monoisotopic (exact) mass is 287 g/mol. The largest absolute Gasteiger partial charge is 0.459 e. The molecule has 0 aliphatic carbocycles. The molecule has 3 aromatic rings. The Morgan fingerprint density at radius 1 is 1.33 bits per heavy atom. The van der Waals surface area contributed by atoms with Crippen LogP contribution in [0, 0.1) is 0 Å². The second-order valence-electron chi connectivity index (χ2n) is 4.83. The zero-order chi connectivity index (χ0) is 14.7. The van der Waals surface area contributed by atoms with E-state index in [9.17, 15) is 0 Å². The Kier molecular flexibility index (Phi) is 3.98. The molecule has 1 aromatic carbocycles. The number of rotatable bonds is 6. The van der Waals surface area contributed by atoms with Crippen LogP contribution in [-0.4, -0.2) is 17.3 Å². The number of benzene rings is 1. The molecule has 1 N–H and O–H groups in total. The molecule has 0 bridgehead atoms. The summed E-state index contributed by atoms with van der Waals surface area (Å²) in [5, 5.41) is 8.22. The van der Waals surface area contributed by atoms with Gasteiger partial charge in [-0.15, -0.1) is 0 Å². The standard InChI is InChI=1S/C15H17N3O3/c1-10(13-7-11-5-3-4-6-12(11)20-13)16-8-15-17-14(9-19-2)18-21-15/h3-7,10,16H,8-9H2,1-2H3/t10-/m0/s1. The Morgan fingerprint density at radius 2 is 2.19 bits per heavy atom. The highest BCUT2D eigenvalue weighted by Crippen LogP contribution is 2.23. The minimum Gasteiger partial charge on any atom is -0.459 e. The highest BCUT2D eigenvalue weighted by Gasteiger charge is 2.13. The predicted molar refractivity (Wildman–Crippen MR) is 76.5 cm³/mol. The van der Waals surface area contributed by atoms with Crippen LogP contribution in [0.1, 0.15) is 30.4 Å². The summed E-state index contributed by atoms with van der Waals surface area (Å²) >= 11 is 0. The summed E-state index contributed by atoms with van der Waals surface area (Å²) in [5.74, 6) is 1.96. The van der Waals surface area contributed by atoms with E-state index in [1.165, 1.54) is 0 Å². The van der Waals surface area contributed by atoms with E-state index in [-0.39, 0.29) is 6.04 Å². The maximum atomic E-state index is 5.81. The van der Waals surface area contributed by atoms with E-state index < -0.39 is 0 Å². The molecule has 0 unspecified atom stereocenters. The Hall–Kier alpha value is -2.18. The van der Waals surface area contributed by atoms with E-state index in [1.807, 2.05) is 37.3 Å². The van der Waals surface area contributed by atoms with Crippen LogP contribution in [-0.2, 0) is 17.9 Å². The highest BCUT2D eigenvalue weighted by molar-refractivity contribution is 5.77. The number of ether oxygens (including phenoxy) is 1. The number of para-hydroxylation sites is 1. The lowest BCUT2D eigenvalue weighted by atomic mass is 10.2. The molecule has 0 aliphatic rings. The van der Waals surface area contributed by atoms with Crippen LogP contribution in [0.3, 0.4) is 0 Å². The number of fused-ring (bicyclic) bond motifs is 1. The molecule has 1 atom stereocenters. The summed E-state index contributed by atoms with van der Waals surface area (Å²) in [6.07, 6.45) is 0. The van der Waals surface area contributed by atoms with Gasteiger partial charge in [0.1, 0.15) is 18.0 Å². The van der Waals surface area contributed by atoms with Gasteiger partial charge in [0, 0.05) is 12.5 Å². The molecule has 0 aliphatic heterocycles. The van der Waals surface area contributed by atoms with Gasteiger partial charge in [0.05, 0.1) is 12.6 Å². The SMILES string of the molecule is COCc1noc(CN[C@@H](C)c2cc3ccccc3o2)n1. The van der Waals surface area contributed by atoms with Crippen molar-refractivity contribution in [1.82, 2.24) is 15.5 Å². The van der Waals surface area contributed by atoms with Crippen LogP contribution in [0.15, 0.2) is 39.3 Å². The second-order valence-corrected chi connectivity index (χ2v) is 4.83. The van der Waals surface area contributed by atoms with E-state index in [0.29, 0.717) is 24.9 Å². The molecular weight excluding hydrogens is 270 g/mol. The van der Waals surface area contributed by atoms with E-state index in [4.69, 9.17) is 13.7 Å². The van der Waals surface area contributed by atoms with Crippen molar-refractivity contribution in [3.05, 3.63) is 47.8 Å². The summed E-state index contributed by atoms with van der Waals surface area (Å²) in [5.41, 5.74) is 0.890. The lowest BCUT2D eigenvalue weighted by molar-refractivity contribution is 0.174. The average molecular weight is 287 g/mol. The lowest BCUT2D eigenvalue weighted by Crippen LogP contribution is -2.17. The highest BCUT2D eigenvalue weighted by atomic mass is 16.5. The van der Waals surface area contributed by atoms with Crippen LogP contribution in [0.2, 0.25) is 0 Å². The number of hydrogen-bond donors (Lipinski definition) is 1. The maximum absolute atomic E-state index is 5.81. The van der Waals surface area contributed by atoms with Crippen LogP contribution in [0.25, 0.3) is 11.0 Å². The first-order valence-electron chi connectivity index (χ1n) is 6.78. The molecule has 0 amide bonds. The van der Waals surface area contributed by atoms with Gasteiger partial charge in [-0.1, -0.05) is 23.4 Å². The van der Waals surface area contributed by atoms with Crippen molar-refractivity contribution in [2.24, 2.45) is 0 Å². The fraction of sp³-hybridized carbons (Fsp3) is 0.333. The number of aromatic nitrogens is 2. The minimum absolute atomic E-state index is 0.0511. The van der Waals surface area contributed by atoms with E-state index >= 15 is 0 Å². The summed E-state index contributed by atoms with van der Waals surface area (Å²) < 4.78 is 15.9. The molecule has 0 saturated carbocycles. The van der Waals surface area contributed by atoms with Gasteiger partial charge in [0.2, 0.25) is 5.89 Å². The summed E-state index contributed by atoms with van der Waals surface area (Å²) in [7, 11) is 1.60. The molecule has 21 heavy (non-hydrogen) atoms. The van der Waals surface area contributed by atoms with Gasteiger partial charge in [0.25, 0.3) is 0 Å². The van der Waals surface area contributed by atoms with Crippen molar-refractivity contribution in [2.75, 3.05) is 7.11 Å². The van der Waals surface area contributed by atoms with Gasteiger partial charge in [-0.25, -0.2) is 0 Å². The number of methoxy groups -OCH3 is 1. The van der Waals surface area contributed by atoms with Gasteiger partial charge in [-0.05, 0) is 19.1 Å². The van der Waals surface area contributed by atoms with Gasteiger partial charge in [-0.3, -0.25) is 5.32 Å². The third-order valence-corrected chi connectivity index (χ3v) is 3.21. The Labute approximate surface area is 122 Å². The van der Waals surface area contributed by atoms with Crippen molar-refractivity contribution in [2.45, 2.75) is 26.1 Å². The number of hydrogen-bond acceptors (Lipinski definition) is 6. The molecule has 0 radical (unpaired) electrons. The zero-order valence-electron chi connectivity index (χ0n) is 12.0. The summed E-state index contributed by atoms with van der Waals surface area (Å²) in [6, 6.07) is 10.0. The third kappa shape index (κ3) is 3.12. The van der Waals surface area contributed by atoms with Gasteiger partial charge in [-0.2, -0.15) is 4.98 Å². The smallest absolute Gasteiger partial charge is 0.240 e. The topological polar surface area (TPSA) is 73.3 Å². The number of furan rings is 1. The molecule has 2 heterocycles. The van der Waals surface area contributed by atoms with E-state index in [0.717, 1.165) is 16.7 Å². The minimum atomic E-state index is 0.0511. The Morgan fingerprint density at radius 3 is 3.00 bits per heavy atom. The van der Waals surface area contributed by atoms with Crippen LogP contribution in [0.4, 0.5) is 0 Å². The van der Waals surface area contributed by atoms with Gasteiger partial charge >= 0.3 is 0 Å². The van der Waals surface area contributed by atoms with Gasteiger partial charge in [0.15, 0.2) is 5.82 Å². The van der Waals surface area contributed by atoms with Crippen molar-refractivity contribution in [3.63, 3.8) is 0 Å². The first-order chi connectivity index (χ1) is 10.3. The first kappa shape index (κ1) is 13.8. The average Bonchev–Trinajstić information content (AvgIpc) is 3.11. The molecule has 110 valence electrons. The van der Waals surface area contributed by atoms with Gasteiger partial charge < -0.3 is 13.7 Å². The normalized spacial score (nSPS) is 12.9. The van der Waals surface area contributed by atoms with Crippen molar-refractivity contribution < 1.29 is 13.7 Å². The first-order valence-corrected chi connectivity index (χ1v) is 6.78. The molecule has 0 fully saturated rings. The molecule has 6 nitrogen and oxygen atoms in total. The summed E-state index contributed by atoms with van der Waals surface area (Å²) in [6.45, 7) is 2.86. The predicted octanol–water partition coefficient (Wildman–Crippen LogP) is 2.81. The molecular formula is C15H17N3O3. The molecule has 3 rings (SSSR count). The lowest BCUT2D eigenvalue weighted by Gasteiger charge is -2.08. The van der Waals surface area contributed by atoms with E-state index in [2.05, 4.69) is 15.5 Å². The van der Waals surface area contributed by atoms with Crippen molar-refractivity contribution in [3.8, 4) is 0 Å². The fourth-order valence-electron chi connectivity index (χ4n) is 2.11. The quantitative estimate of drug-likeness (QED) is 0.751. The van der Waals surface area contributed by atoms with Crippen molar-refractivity contribution in [1.29, 1.82) is 0 Å². The van der Waals surface area contributed by atoms with Crippen LogP contribution >= 0.6 is 0 Å². The molecule has 6 heteroatoms.